The van der Waals surface area contributed by atoms with Gasteiger partial charge >= 0.3 is 0 Å². The predicted molar refractivity (Wildman–Crippen MR) is 71.0 cm³/mol. The summed E-state index contributed by atoms with van der Waals surface area (Å²) in [6, 6.07) is 10.5. The maximum atomic E-state index is 9.17. The summed E-state index contributed by atoms with van der Waals surface area (Å²) in [5.41, 5.74) is 0. The van der Waals surface area contributed by atoms with Gasteiger partial charge in [-0.2, -0.15) is 0 Å². The first-order chi connectivity index (χ1) is 7.68. The number of hydrogen-bond acceptors (Lipinski definition) is 3. The van der Waals surface area contributed by atoms with Crippen LogP contribution in [0.15, 0.2) is 35.2 Å². The van der Waals surface area contributed by atoms with Gasteiger partial charge in [-0.15, -0.1) is 11.8 Å². The van der Waals surface area contributed by atoms with Crippen LogP contribution in [0.4, 0.5) is 0 Å². The summed E-state index contributed by atoms with van der Waals surface area (Å²) in [6.07, 6.45) is 0.663. The summed E-state index contributed by atoms with van der Waals surface area (Å²) >= 11 is 1.88. The van der Waals surface area contributed by atoms with Crippen LogP contribution in [0.25, 0.3) is 0 Å². The minimum Gasteiger partial charge on any atom is -0.393 e. The van der Waals surface area contributed by atoms with Crippen molar-refractivity contribution in [2.75, 3.05) is 25.9 Å². The molecule has 0 aromatic heterocycles. The molecule has 90 valence electrons. The molecule has 0 aliphatic carbocycles. The second-order valence-corrected chi connectivity index (χ2v) is 5.27. The zero-order valence-corrected chi connectivity index (χ0v) is 10.9. The molecule has 0 fully saturated rings. The normalized spacial score (nSPS) is 13.0. The van der Waals surface area contributed by atoms with Gasteiger partial charge in [0.15, 0.2) is 0 Å². The molecule has 0 heterocycles. The van der Waals surface area contributed by atoms with E-state index in [-0.39, 0.29) is 6.10 Å². The zero-order valence-electron chi connectivity index (χ0n) is 10.1. The van der Waals surface area contributed by atoms with Gasteiger partial charge in [0.2, 0.25) is 0 Å². The van der Waals surface area contributed by atoms with E-state index in [2.05, 4.69) is 36.2 Å². The van der Waals surface area contributed by atoms with Crippen LogP contribution in [-0.4, -0.2) is 42.0 Å². The lowest BCUT2D eigenvalue weighted by Crippen LogP contribution is -2.24. The number of aliphatic hydroxyl groups excluding tert-OH is 1. The molecule has 1 aromatic rings. The molecule has 3 heteroatoms. The Morgan fingerprint density at radius 1 is 1.25 bits per heavy atom. The average Bonchev–Trinajstić information content (AvgIpc) is 2.28. The number of rotatable bonds is 7. The van der Waals surface area contributed by atoms with Gasteiger partial charge in [0.25, 0.3) is 0 Å². The van der Waals surface area contributed by atoms with Gasteiger partial charge in [0.1, 0.15) is 0 Å². The molecular formula is C13H21NOS. The number of hydrogen-bond donors (Lipinski definition) is 1. The molecule has 0 spiro atoms. The summed E-state index contributed by atoms with van der Waals surface area (Å²) in [5.74, 6) is 1.10. The van der Waals surface area contributed by atoms with Crippen molar-refractivity contribution >= 4 is 11.8 Å². The van der Waals surface area contributed by atoms with Crippen LogP contribution in [0.1, 0.15) is 13.3 Å². The molecule has 0 radical (unpaired) electrons. The molecule has 16 heavy (non-hydrogen) atoms. The van der Waals surface area contributed by atoms with Gasteiger partial charge in [-0.05, 0) is 32.5 Å². The Morgan fingerprint density at radius 2 is 1.94 bits per heavy atom. The Labute approximate surface area is 103 Å². The van der Waals surface area contributed by atoms with E-state index < -0.39 is 0 Å². The zero-order chi connectivity index (χ0) is 11.8. The van der Waals surface area contributed by atoms with Crippen LogP contribution in [0.2, 0.25) is 0 Å². The van der Waals surface area contributed by atoms with Gasteiger partial charge in [0, 0.05) is 23.7 Å². The van der Waals surface area contributed by atoms with E-state index in [4.69, 9.17) is 0 Å². The van der Waals surface area contributed by atoms with Gasteiger partial charge < -0.3 is 10.0 Å². The third kappa shape index (κ3) is 6.16. The molecule has 0 amide bonds. The molecular weight excluding hydrogens is 218 g/mol. The van der Waals surface area contributed by atoms with Crippen LogP contribution >= 0.6 is 11.8 Å². The molecule has 1 N–H and O–H groups in total. The van der Waals surface area contributed by atoms with Crippen molar-refractivity contribution in [3.63, 3.8) is 0 Å². The maximum Gasteiger partial charge on any atom is 0.0524 e. The van der Waals surface area contributed by atoms with Crippen molar-refractivity contribution in [1.82, 2.24) is 4.90 Å². The molecule has 0 saturated carbocycles. The first-order valence-corrected chi connectivity index (χ1v) is 6.71. The van der Waals surface area contributed by atoms with Crippen LogP contribution in [0, 0.1) is 0 Å². The summed E-state index contributed by atoms with van der Waals surface area (Å²) in [6.45, 7) is 3.87. The Balaban J connectivity index is 2.11. The smallest absolute Gasteiger partial charge is 0.0524 e. The number of benzene rings is 1. The largest absolute Gasteiger partial charge is 0.393 e. The van der Waals surface area contributed by atoms with Crippen LogP contribution in [-0.2, 0) is 0 Å². The van der Waals surface area contributed by atoms with Crippen LogP contribution in [0.5, 0.6) is 0 Å². The first kappa shape index (κ1) is 13.6. The van der Waals surface area contributed by atoms with Gasteiger partial charge in [-0.25, -0.2) is 0 Å². The minimum atomic E-state index is -0.191. The summed E-state index contributed by atoms with van der Waals surface area (Å²) in [5, 5.41) is 9.17. The second kappa shape index (κ2) is 7.71. The van der Waals surface area contributed by atoms with Crippen molar-refractivity contribution < 1.29 is 5.11 Å². The fraction of sp³-hybridized carbons (Fsp3) is 0.538. The first-order valence-electron chi connectivity index (χ1n) is 5.73. The highest BCUT2D eigenvalue weighted by atomic mass is 32.2. The Hall–Kier alpha value is -0.510. The standard InChI is InChI=1S/C13H21NOS/c1-12(15)8-9-14(2)10-11-16-13-6-4-3-5-7-13/h3-7,12,15H,8-11H2,1-2H3. The molecule has 0 aliphatic heterocycles. The third-order valence-corrected chi connectivity index (χ3v) is 3.41. The molecule has 0 aliphatic rings. The van der Waals surface area contributed by atoms with E-state index in [1.54, 1.807) is 0 Å². The highest BCUT2D eigenvalue weighted by Crippen LogP contribution is 2.16. The van der Waals surface area contributed by atoms with E-state index in [1.807, 2.05) is 24.8 Å². The Kier molecular flexibility index (Phi) is 6.53. The van der Waals surface area contributed by atoms with Crippen molar-refractivity contribution in [2.45, 2.75) is 24.3 Å². The lowest BCUT2D eigenvalue weighted by Gasteiger charge is -2.16. The van der Waals surface area contributed by atoms with E-state index in [0.29, 0.717) is 0 Å². The summed E-state index contributed by atoms with van der Waals surface area (Å²) in [4.78, 5) is 3.59. The van der Waals surface area contributed by atoms with E-state index in [9.17, 15) is 5.11 Å². The molecule has 1 aromatic carbocycles. The van der Waals surface area contributed by atoms with Crippen molar-refractivity contribution in [2.24, 2.45) is 0 Å². The molecule has 2 nitrogen and oxygen atoms in total. The Morgan fingerprint density at radius 3 is 2.56 bits per heavy atom. The summed E-state index contributed by atoms with van der Waals surface area (Å²) in [7, 11) is 2.11. The Bertz CT molecular complexity index is 277. The average molecular weight is 239 g/mol. The number of thioether (sulfide) groups is 1. The number of aliphatic hydroxyl groups is 1. The van der Waals surface area contributed by atoms with Crippen molar-refractivity contribution in [1.29, 1.82) is 0 Å². The molecule has 0 saturated heterocycles. The maximum absolute atomic E-state index is 9.17. The summed E-state index contributed by atoms with van der Waals surface area (Å²) < 4.78 is 0. The van der Waals surface area contributed by atoms with Crippen molar-refractivity contribution in [3.05, 3.63) is 30.3 Å². The highest BCUT2D eigenvalue weighted by molar-refractivity contribution is 7.99. The molecule has 1 atom stereocenters. The third-order valence-electron chi connectivity index (χ3n) is 2.41. The highest BCUT2D eigenvalue weighted by Gasteiger charge is 2.01. The van der Waals surface area contributed by atoms with Crippen LogP contribution in [0.3, 0.4) is 0 Å². The van der Waals surface area contributed by atoms with Gasteiger partial charge in [-0.1, -0.05) is 18.2 Å². The fourth-order valence-electron chi connectivity index (χ4n) is 1.36. The van der Waals surface area contributed by atoms with Crippen molar-refractivity contribution in [3.8, 4) is 0 Å². The van der Waals surface area contributed by atoms with Gasteiger partial charge in [0.05, 0.1) is 6.10 Å². The monoisotopic (exact) mass is 239 g/mol. The van der Waals surface area contributed by atoms with Gasteiger partial charge in [-0.3, -0.25) is 0 Å². The molecule has 0 bridgehead atoms. The fourth-order valence-corrected chi connectivity index (χ4v) is 2.34. The SMILES string of the molecule is CC(O)CCN(C)CCSc1ccccc1. The lowest BCUT2D eigenvalue weighted by atomic mass is 10.3. The minimum absolute atomic E-state index is 0.191. The molecule has 1 rings (SSSR count). The molecule has 1 unspecified atom stereocenters. The lowest BCUT2D eigenvalue weighted by molar-refractivity contribution is 0.166. The number of nitrogens with zero attached hydrogens (tertiary/aromatic N) is 1. The van der Waals surface area contributed by atoms with E-state index in [1.165, 1.54) is 4.90 Å². The quantitative estimate of drug-likeness (QED) is 0.740. The second-order valence-electron chi connectivity index (χ2n) is 4.10. The topological polar surface area (TPSA) is 23.5 Å². The van der Waals surface area contributed by atoms with E-state index in [0.717, 1.165) is 25.3 Å². The van der Waals surface area contributed by atoms with Crippen LogP contribution < -0.4 is 0 Å². The predicted octanol–water partition coefficient (Wildman–Crippen LogP) is 2.48. The van der Waals surface area contributed by atoms with E-state index >= 15 is 0 Å².